The first-order chi connectivity index (χ1) is 8.06. The zero-order valence-electron chi connectivity index (χ0n) is 10.3. The first-order valence-electron chi connectivity index (χ1n) is 6.24. The molecule has 1 aliphatic heterocycles. The highest BCUT2D eigenvalue weighted by Gasteiger charge is 2.46. The molecule has 1 heterocycles. The van der Waals surface area contributed by atoms with Gasteiger partial charge in [-0.1, -0.05) is 13.8 Å². The molecule has 3 rings (SSSR count). The minimum atomic E-state index is 0.0651. The van der Waals surface area contributed by atoms with E-state index in [1.165, 1.54) is 11.3 Å². The van der Waals surface area contributed by atoms with Crippen LogP contribution in [0.4, 0.5) is 5.69 Å². The van der Waals surface area contributed by atoms with E-state index >= 15 is 0 Å². The van der Waals surface area contributed by atoms with Crippen molar-refractivity contribution in [3.05, 3.63) is 29.3 Å². The van der Waals surface area contributed by atoms with E-state index in [4.69, 9.17) is 0 Å². The molecule has 0 bridgehead atoms. The summed E-state index contributed by atoms with van der Waals surface area (Å²) in [5, 5.41) is 6.39. The van der Waals surface area contributed by atoms with Crippen LogP contribution in [0.5, 0.6) is 0 Å². The van der Waals surface area contributed by atoms with Crippen molar-refractivity contribution in [3.63, 3.8) is 0 Å². The van der Waals surface area contributed by atoms with Crippen LogP contribution >= 0.6 is 0 Å². The molecule has 3 heteroatoms. The Morgan fingerprint density at radius 1 is 1.47 bits per heavy atom. The van der Waals surface area contributed by atoms with Crippen molar-refractivity contribution in [2.75, 3.05) is 11.9 Å². The van der Waals surface area contributed by atoms with Gasteiger partial charge in [-0.15, -0.1) is 0 Å². The molecule has 3 nitrogen and oxygen atoms in total. The number of carbonyl (C=O) groups excluding carboxylic acids is 1. The topological polar surface area (TPSA) is 41.1 Å². The third-order valence-electron chi connectivity index (χ3n) is 3.90. The van der Waals surface area contributed by atoms with Crippen molar-refractivity contribution in [3.8, 4) is 0 Å². The molecule has 1 aromatic rings. The fourth-order valence-electron chi connectivity index (χ4n) is 2.40. The molecule has 2 aliphatic rings. The van der Waals surface area contributed by atoms with Crippen LogP contribution in [0.3, 0.4) is 0 Å². The van der Waals surface area contributed by atoms with Crippen LogP contribution < -0.4 is 10.6 Å². The van der Waals surface area contributed by atoms with Gasteiger partial charge in [0.2, 0.25) is 0 Å². The van der Waals surface area contributed by atoms with Gasteiger partial charge in [0.05, 0.1) is 0 Å². The summed E-state index contributed by atoms with van der Waals surface area (Å²) < 4.78 is 0. The SMILES string of the molecule is CC1(C)CC1NC(=O)c1ccc2c(c1)CCN2. The summed E-state index contributed by atoms with van der Waals surface area (Å²) in [4.78, 5) is 12.1. The van der Waals surface area contributed by atoms with E-state index in [1.807, 2.05) is 18.2 Å². The molecule has 1 aromatic carbocycles. The quantitative estimate of drug-likeness (QED) is 0.817. The zero-order chi connectivity index (χ0) is 12.0. The number of hydrogen-bond acceptors (Lipinski definition) is 2. The van der Waals surface area contributed by atoms with Crippen molar-refractivity contribution in [1.82, 2.24) is 5.32 Å². The maximum Gasteiger partial charge on any atom is 0.251 e. The summed E-state index contributed by atoms with van der Waals surface area (Å²) in [7, 11) is 0. The number of amides is 1. The van der Waals surface area contributed by atoms with E-state index in [0.29, 0.717) is 6.04 Å². The average molecular weight is 230 g/mol. The Hall–Kier alpha value is -1.51. The highest BCUT2D eigenvalue weighted by molar-refractivity contribution is 5.95. The maximum absolute atomic E-state index is 12.1. The molecule has 0 spiro atoms. The van der Waals surface area contributed by atoms with E-state index in [2.05, 4.69) is 24.5 Å². The van der Waals surface area contributed by atoms with Gasteiger partial charge in [0.25, 0.3) is 5.91 Å². The Morgan fingerprint density at radius 2 is 2.24 bits per heavy atom. The number of nitrogens with one attached hydrogen (secondary N) is 2. The first-order valence-corrected chi connectivity index (χ1v) is 6.24. The van der Waals surface area contributed by atoms with E-state index in [1.54, 1.807) is 0 Å². The molecular formula is C14H18N2O. The lowest BCUT2D eigenvalue weighted by Gasteiger charge is -2.08. The minimum absolute atomic E-state index is 0.0651. The lowest BCUT2D eigenvalue weighted by molar-refractivity contribution is 0.0946. The van der Waals surface area contributed by atoms with Crippen LogP contribution in [0.1, 0.15) is 36.2 Å². The smallest absolute Gasteiger partial charge is 0.251 e. The summed E-state index contributed by atoms with van der Waals surface area (Å²) in [6.45, 7) is 5.35. The van der Waals surface area contributed by atoms with Gasteiger partial charge in [-0.25, -0.2) is 0 Å². The second-order valence-corrected chi connectivity index (χ2v) is 5.77. The third kappa shape index (κ3) is 1.90. The standard InChI is InChI=1S/C14H18N2O/c1-14(2)8-12(14)16-13(17)10-3-4-11-9(7-10)5-6-15-11/h3-4,7,12,15H,5-6,8H2,1-2H3,(H,16,17). The predicted octanol–water partition coefficient (Wildman–Crippen LogP) is 2.18. The van der Waals surface area contributed by atoms with Crippen LogP contribution in [-0.2, 0) is 6.42 Å². The van der Waals surface area contributed by atoms with Crippen molar-refractivity contribution < 1.29 is 4.79 Å². The number of rotatable bonds is 2. The highest BCUT2D eigenvalue weighted by Crippen LogP contribution is 2.44. The van der Waals surface area contributed by atoms with Crippen LogP contribution in [-0.4, -0.2) is 18.5 Å². The van der Waals surface area contributed by atoms with Crippen LogP contribution in [0.25, 0.3) is 0 Å². The summed E-state index contributed by atoms with van der Waals surface area (Å²) >= 11 is 0. The summed E-state index contributed by atoms with van der Waals surface area (Å²) in [5.74, 6) is 0.0651. The number of fused-ring (bicyclic) bond motifs is 1. The van der Waals surface area contributed by atoms with Gasteiger partial charge in [0.15, 0.2) is 0 Å². The fourth-order valence-corrected chi connectivity index (χ4v) is 2.40. The monoisotopic (exact) mass is 230 g/mol. The second-order valence-electron chi connectivity index (χ2n) is 5.77. The van der Waals surface area contributed by atoms with Gasteiger partial charge in [-0.05, 0) is 42.0 Å². The molecule has 90 valence electrons. The molecule has 1 unspecified atom stereocenters. The zero-order valence-corrected chi connectivity index (χ0v) is 10.3. The molecule has 0 aromatic heterocycles. The third-order valence-corrected chi connectivity index (χ3v) is 3.90. The van der Waals surface area contributed by atoms with Gasteiger partial charge in [0, 0.05) is 23.8 Å². The van der Waals surface area contributed by atoms with Crippen molar-refractivity contribution >= 4 is 11.6 Å². The van der Waals surface area contributed by atoms with Crippen molar-refractivity contribution in [1.29, 1.82) is 0 Å². The Kier molecular flexibility index (Phi) is 2.18. The molecule has 1 saturated carbocycles. The normalized spacial score (nSPS) is 23.8. The predicted molar refractivity (Wildman–Crippen MR) is 68.3 cm³/mol. The molecule has 1 atom stereocenters. The Bertz CT molecular complexity index is 479. The lowest BCUT2D eigenvalue weighted by Crippen LogP contribution is -2.28. The Morgan fingerprint density at radius 3 is 2.94 bits per heavy atom. The maximum atomic E-state index is 12.1. The van der Waals surface area contributed by atoms with Crippen LogP contribution in [0.2, 0.25) is 0 Å². The van der Waals surface area contributed by atoms with E-state index in [9.17, 15) is 4.79 Å². The largest absolute Gasteiger partial charge is 0.384 e. The summed E-state index contributed by atoms with van der Waals surface area (Å²) in [6.07, 6.45) is 2.11. The van der Waals surface area contributed by atoms with E-state index in [-0.39, 0.29) is 11.3 Å². The molecule has 0 radical (unpaired) electrons. The van der Waals surface area contributed by atoms with Crippen molar-refractivity contribution in [2.45, 2.75) is 32.7 Å². The van der Waals surface area contributed by atoms with E-state index < -0.39 is 0 Å². The lowest BCUT2D eigenvalue weighted by atomic mass is 10.1. The first kappa shape index (κ1) is 10.6. The molecule has 1 amide bonds. The summed E-state index contributed by atoms with van der Waals surface area (Å²) in [5.41, 5.74) is 3.50. The van der Waals surface area contributed by atoms with Crippen LogP contribution in [0, 0.1) is 5.41 Å². The van der Waals surface area contributed by atoms with E-state index in [0.717, 1.165) is 24.9 Å². The van der Waals surface area contributed by atoms with Gasteiger partial charge in [-0.2, -0.15) is 0 Å². The number of benzene rings is 1. The summed E-state index contributed by atoms with van der Waals surface area (Å²) in [6, 6.07) is 6.28. The molecule has 2 N–H and O–H groups in total. The molecule has 1 aliphatic carbocycles. The highest BCUT2D eigenvalue weighted by atomic mass is 16.1. The fraction of sp³-hybridized carbons (Fsp3) is 0.500. The second kappa shape index (κ2) is 3.49. The average Bonchev–Trinajstić information content (AvgIpc) is 2.74. The van der Waals surface area contributed by atoms with Crippen molar-refractivity contribution in [2.24, 2.45) is 5.41 Å². The molecule has 17 heavy (non-hydrogen) atoms. The van der Waals surface area contributed by atoms with Gasteiger partial charge in [0.1, 0.15) is 0 Å². The minimum Gasteiger partial charge on any atom is -0.384 e. The molecule has 1 fully saturated rings. The Balaban J connectivity index is 1.74. The number of anilines is 1. The number of hydrogen-bond donors (Lipinski definition) is 2. The molecule has 0 saturated heterocycles. The van der Waals surface area contributed by atoms with Crippen LogP contribution in [0.15, 0.2) is 18.2 Å². The molecular weight excluding hydrogens is 212 g/mol. The van der Waals surface area contributed by atoms with Gasteiger partial charge < -0.3 is 10.6 Å². The van der Waals surface area contributed by atoms with Gasteiger partial charge >= 0.3 is 0 Å². The number of carbonyl (C=O) groups is 1. The Labute approximate surface area is 102 Å². The van der Waals surface area contributed by atoms with Gasteiger partial charge in [-0.3, -0.25) is 4.79 Å².